The van der Waals surface area contributed by atoms with Crippen LogP contribution in [0.5, 0.6) is 0 Å². The van der Waals surface area contributed by atoms with E-state index in [1.54, 1.807) is 12.1 Å². The molecule has 108 valence electrons. The van der Waals surface area contributed by atoms with Crippen LogP contribution in [0.4, 0.5) is 0 Å². The van der Waals surface area contributed by atoms with Gasteiger partial charge in [0, 0.05) is 0 Å². The highest BCUT2D eigenvalue weighted by molar-refractivity contribution is 7.89. The fourth-order valence-corrected chi connectivity index (χ4v) is 3.43. The Morgan fingerprint density at radius 1 is 1.11 bits per heavy atom. The normalized spacial score (nSPS) is 12.6. The molecule has 0 fully saturated rings. The minimum atomic E-state index is -3.59. The zero-order valence-corrected chi connectivity index (χ0v) is 12.6. The predicted molar refractivity (Wildman–Crippen MR) is 76.5 cm³/mol. The number of benzene rings is 1. The minimum Gasteiger partial charge on any atom is -0.394 e. The number of rotatable bonds is 7. The van der Waals surface area contributed by atoms with Crippen LogP contribution in [0.3, 0.4) is 0 Å². The van der Waals surface area contributed by atoms with Gasteiger partial charge >= 0.3 is 0 Å². The van der Waals surface area contributed by atoms with Crippen molar-refractivity contribution in [2.24, 2.45) is 0 Å². The average Bonchev–Trinajstić information content (AvgIpc) is 2.45. The molecule has 0 saturated carbocycles. The average molecular weight is 285 g/mol. The van der Waals surface area contributed by atoms with Gasteiger partial charge in [0.05, 0.1) is 17.0 Å². The van der Waals surface area contributed by atoms with Crippen molar-refractivity contribution < 1.29 is 13.5 Å². The fraction of sp³-hybridized carbons (Fsp3) is 0.571. The minimum absolute atomic E-state index is 0.202. The molecule has 5 heteroatoms. The summed E-state index contributed by atoms with van der Waals surface area (Å²) in [4.78, 5) is 0.240. The van der Waals surface area contributed by atoms with Crippen LogP contribution in [-0.4, -0.2) is 25.7 Å². The monoisotopic (exact) mass is 285 g/mol. The maximum absolute atomic E-state index is 12.3. The molecule has 0 aliphatic rings. The summed E-state index contributed by atoms with van der Waals surface area (Å²) in [6.07, 6.45) is 1.97. The predicted octanol–water partition coefficient (Wildman–Crippen LogP) is 2.08. The molecule has 0 saturated heterocycles. The molecule has 1 aromatic carbocycles. The Hall–Kier alpha value is -0.910. The van der Waals surface area contributed by atoms with Gasteiger partial charge in [-0.1, -0.05) is 32.9 Å². The van der Waals surface area contributed by atoms with Crippen LogP contribution in [0.25, 0.3) is 0 Å². The largest absolute Gasteiger partial charge is 0.394 e. The molecule has 0 unspecified atom stereocenters. The summed E-state index contributed by atoms with van der Waals surface area (Å²) in [5, 5.41) is 9.44. The van der Waals surface area contributed by atoms with Gasteiger partial charge in [0.25, 0.3) is 0 Å². The lowest BCUT2D eigenvalue weighted by molar-refractivity contribution is 0.172. The fourth-order valence-electron chi connectivity index (χ4n) is 1.90. The van der Waals surface area contributed by atoms with Crippen LogP contribution in [0.1, 0.15) is 39.2 Å². The molecule has 0 amide bonds. The van der Waals surface area contributed by atoms with Gasteiger partial charge in [-0.05, 0) is 37.0 Å². The topological polar surface area (TPSA) is 66.4 Å². The molecule has 0 spiro atoms. The van der Waals surface area contributed by atoms with E-state index >= 15 is 0 Å². The van der Waals surface area contributed by atoms with Gasteiger partial charge in [-0.15, -0.1) is 0 Å². The number of hydrogen-bond acceptors (Lipinski definition) is 3. The van der Waals surface area contributed by atoms with Crippen LogP contribution < -0.4 is 4.72 Å². The molecular weight excluding hydrogens is 262 g/mol. The molecule has 0 heterocycles. The highest BCUT2D eigenvalue weighted by Gasteiger charge is 2.31. The van der Waals surface area contributed by atoms with Crippen molar-refractivity contribution in [2.75, 3.05) is 6.61 Å². The Balaban J connectivity index is 3.03. The van der Waals surface area contributed by atoms with Crippen molar-refractivity contribution in [2.45, 2.75) is 50.5 Å². The SMILES string of the molecule is CCc1ccc(S(=O)(=O)NC(CC)(CC)CO)cc1. The summed E-state index contributed by atoms with van der Waals surface area (Å²) in [5.74, 6) is 0. The molecule has 0 bridgehead atoms. The first-order valence-corrected chi connectivity index (χ1v) is 8.15. The molecule has 0 aromatic heterocycles. The highest BCUT2D eigenvalue weighted by Crippen LogP contribution is 2.19. The molecule has 0 atom stereocenters. The summed E-state index contributed by atoms with van der Waals surface area (Å²) >= 11 is 0. The number of aryl methyl sites for hydroxylation is 1. The third-order valence-corrected chi connectivity index (χ3v) is 5.24. The Labute approximate surface area is 115 Å². The lowest BCUT2D eigenvalue weighted by Crippen LogP contribution is -2.50. The van der Waals surface area contributed by atoms with Gasteiger partial charge in [0.2, 0.25) is 10.0 Å². The van der Waals surface area contributed by atoms with Gasteiger partial charge in [-0.3, -0.25) is 0 Å². The van der Waals surface area contributed by atoms with Gasteiger partial charge in [-0.25, -0.2) is 13.1 Å². The Bertz CT molecular complexity index is 482. The van der Waals surface area contributed by atoms with E-state index in [1.807, 2.05) is 32.9 Å². The van der Waals surface area contributed by atoms with Crippen molar-refractivity contribution in [1.29, 1.82) is 0 Å². The van der Waals surface area contributed by atoms with Gasteiger partial charge < -0.3 is 5.11 Å². The van der Waals surface area contributed by atoms with Gasteiger partial charge in [0.15, 0.2) is 0 Å². The zero-order valence-electron chi connectivity index (χ0n) is 11.8. The molecule has 19 heavy (non-hydrogen) atoms. The molecule has 0 aliphatic heterocycles. The van der Waals surface area contributed by atoms with Crippen LogP contribution in [0, 0.1) is 0 Å². The second kappa shape index (κ2) is 6.50. The molecule has 0 aliphatic carbocycles. The first-order chi connectivity index (χ1) is 8.93. The number of hydrogen-bond donors (Lipinski definition) is 2. The molecule has 2 N–H and O–H groups in total. The van der Waals surface area contributed by atoms with Crippen molar-refractivity contribution in [1.82, 2.24) is 4.72 Å². The van der Waals surface area contributed by atoms with Crippen LogP contribution >= 0.6 is 0 Å². The van der Waals surface area contributed by atoms with E-state index in [4.69, 9.17) is 0 Å². The lowest BCUT2D eigenvalue weighted by atomic mass is 9.96. The lowest BCUT2D eigenvalue weighted by Gasteiger charge is -2.30. The molecular formula is C14H23NO3S. The Morgan fingerprint density at radius 2 is 1.63 bits per heavy atom. The Morgan fingerprint density at radius 3 is 2.00 bits per heavy atom. The van der Waals surface area contributed by atoms with Gasteiger partial charge in [-0.2, -0.15) is 0 Å². The van der Waals surface area contributed by atoms with E-state index in [-0.39, 0.29) is 11.5 Å². The third-order valence-electron chi connectivity index (χ3n) is 3.65. The van der Waals surface area contributed by atoms with Crippen LogP contribution in [0.2, 0.25) is 0 Å². The van der Waals surface area contributed by atoms with E-state index in [1.165, 1.54) is 0 Å². The smallest absolute Gasteiger partial charge is 0.241 e. The van der Waals surface area contributed by atoms with E-state index in [0.29, 0.717) is 12.8 Å². The number of aliphatic hydroxyl groups is 1. The molecule has 1 aromatic rings. The molecule has 1 rings (SSSR count). The van der Waals surface area contributed by atoms with Crippen LogP contribution in [-0.2, 0) is 16.4 Å². The standard InChI is InChI=1S/C14H23NO3S/c1-4-12-7-9-13(10-8-12)19(17,18)15-14(5-2,6-3)11-16/h7-10,15-16H,4-6,11H2,1-3H3. The molecule has 0 radical (unpaired) electrons. The second-order valence-electron chi connectivity index (χ2n) is 4.75. The summed E-state index contributed by atoms with van der Waals surface area (Å²) in [7, 11) is -3.59. The number of sulfonamides is 1. The first-order valence-electron chi connectivity index (χ1n) is 6.66. The van der Waals surface area contributed by atoms with Crippen molar-refractivity contribution in [3.8, 4) is 0 Å². The van der Waals surface area contributed by atoms with Crippen LogP contribution in [0.15, 0.2) is 29.2 Å². The van der Waals surface area contributed by atoms with Crippen molar-refractivity contribution >= 4 is 10.0 Å². The summed E-state index contributed by atoms with van der Waals surface area (Å²) in [6, 6.07) is 6.84. The first kappa shape index (κ1) is 16.1. The highest BCUT2D eigenvalue weighted by atomic mass is 32.2. The maximum atomic E-state index is 12.3. The van der Waals surface area contributed by atoms with Gasteiger partial charge in [0.1, 0.15) is 0 Å². The van der Waals surface area contributed by atoms with E-state index in [0.717, 1.165) is 12.0 Å². The van der Waals surface area contributed by atoms with Crippen molar-refractivity contribution in [3.63, 3.8) is 0 Å². The third kappa shape index (κ3) is 3.78. The maximum Gasteiger partial charge on any atom is 0.241 e. The quantitative estimate of drug-likeness (QED) is 0.806. The summed E-state index contributed by atoms with van der Waals surface area (Å²) in [6.45, 7) is 5.55. The second-order valence-corrected chi connectivity index (χ2v) is 6.43. The van der Waals surface area contributed by atoms with E-state index in [9.17, 15) is 13.5 Å². The number of nitrogens with one attached hydrogen (secondary N) is 1. The summed E-state index contributed by atoms with van der Waals surface area (Å²) in [5.41, 5.74) is 0.320. The van der Waals surface area contributed by atoms with E-state index in [2.05, 4.69) is 4.72 Å². The van der Waals surface area contributed by atoms with E-state index < -0.39 is 15.6 Å². The summed E-state index contributed by atoms with van der Waals surface area (Å²) < 4.78 is 27.2. The Kier molecular flexibility index (Phi) is 5.52. The molecule has 4 nitrogen and oxygen atoms in total. The zero-order chi connectivity index (χ0) is 14.5. The number of aliphatic hydroxyl groups excluding tert-OH is 1. The van der Waals surface area contributed by atoms with Crippen molar-refractivity contribution in [3.05, 3.63) is 29.8 Å².